The molecule has 0 atom stereocenters. The largest absolute Gasteiger partial charge is 0.0622 e. The Labute approximate surface area is 329 Å². The van der Waals surface area contributed by atoms with Crippen molar-refractivity contribution in [1.29, 1.82) is 0 Å². The molecule has 0 N–H and O–H groups in total. The Morgan fingerprint density at radius 1 is 0.268 bits per heavy atom. The van der Waals surface area contributed by atoms with Crippen LogP contribution in [0.2, 0.25) is 0 Å². The molecule has 0 unspecified atom stereocenters. The van der Waals surface area contributed by atoms with Gasteiger partial charge in [0.25, 0.3) is 0 Å². The standard InChI is InChI=1S/C56H42/c1-56(2,3)55-52-27-15-14-26-50(52)54(49-28-16-22-39-21-10-11-23-44(39)49)51-30-29-40(36-53(51)55)45-31-32-46(48-25-13-12-24-47(45)48)43-34-41(37-17-6-4-7-18-37)33-42(35-43)38-19-8-5-9-20-38/h4-36H,1-3H3. The molecule has 0 aliphatic rings. The Hall–Kier alpha value is -6.76. The van der Waals surface area contributed by atoms with Gasteiger partial charge in [0.1, 0.15) is 0 Å². The van der Waals surface area contributed by atoms with Crippen molar-refractivity contribution in [3.63, 3.8) is 0 Å². The van der Waals surface area contributed by atoms with Gasteiger partial charge in [0.15, 0.2) is 0 Å². The maximum absolute atomic E-state index is 2.47. The number of benzene rings is 10. The average molecular weight is 715 g/mol. The zero-order valence-corrected chi connectivity index (χ0v) is 32.1. The number of hydrogen-bond acceptors (Lipinski definition) is 0. The molecular weight excluding hydrogens is 673 g/mol. The highest BCUT2D eigenvalue weighted by Gasteiger charge is 2.25. The Balaban J connectivity index is 1.21. The first kappa shape index (κ1) is 33.8. The van der Waals surface area contributed by atoms with Gasteiger partial charge in [0.05, 0.1) is 0 Å². The first-order valence-electron chi connectivity index (χ1n) is 19.7. The van der Waals surface area contributed by atoms with Gasteiger partial charge in [0, 0.05) is 0 Å². The van der Waals surface area contributed by atoms with E-state index in [2.05, 4.69) is 221 Å². The average Bonchev–Trinajstić information content (AvgIpc) is 3.25. The van der Waals surface area contributed by atoms with E-state index in [0.717, 1.165) is 0 Å². The third kappa shape index (κ3) is 5.78. The highest BCUT2D eigenvalue weighted by molar-refractivity contribution is 6.20. The molecule has 56 heavy (non-hydrogen) atoms. The Bertz CT molecular complexity index is 3030. The number of hydrogen-bond donors (Lipinski definition) is 0. The Kier molecular flexibility index (Phi) is 8.15. The van der Waals surface area contributed by atoms with Crippen LogP contribution in [0.1, 0.15) is 26.3 Å². The second-order valence-corrected chi connectivity index (χ2v) is 16.1. The minimum absolute atomic E-state index is 0.0834. The summed E-state index contributed by atoms with van der Waals surface area (Å²) in [7, 11) is 0. The zero-order chi connectivity index (χ0) is 37.8. The lowest BCUT2D eigenvalue weighted by atomic mass is 9.77. The van der Waals surface area contributed by atoms with Gasteiger partial charge in [-0.05, 0) is 134 Å². The van der Waals surface area contributed by atoms with Crippen molar-refractivity contribution in [2.75, 3.05) is 0 Å². The topological polar surface area (TPSA) is 0 Å². The molecule has 0 aliphatic carbocycles. The van der Waals surface area contributed by atoms with E-state index >= 15 is 0 Å². The first-order chi connectivity index (χ1) is 27.4. The van der Waals surface area contributed by atoms with Gasteiger partial charge in [-0.25, -0.2) is 0 Å². The first-order valence-corrected chi connectivity index (χ1v) is 19.7. The predicted octanol–water partition coefficient (Wildman–Crippen LogP) is 15.9. The molecule has 0 radical (unpaired) electrons. The molecule has 0 heterocycles. The summed E-state index contributed by atoms with van der Waals surface area (Å²) in [5.74, 6) is 0. The molecule has 10 aromatic rings. The Morgan fingerprint density at radius 3 is 1.38 bits per heavy atom. The molecule has 0 aliphatic heterocycles. The predicted molar refractivity (Wildman–Crippen MR) is 242 cm³/mol. The van der Waals surface area contributed by atoms with Gasteiger partial charge in [-0.2, -0.15) is 0 Å². The quantitative estimate of drug-likeness (QED) is 0.156. The second kappa shape index (κ2) is 13.5. The van der Waals surface area contributed by atoms with E-state index in [4.69, 9.17) is 0 Å². The van der Waals surface area contributed by atoms with Crippen LogP contribution in [0.25, 0.3) is 98.7 Å². The maximum Gasteiger partial charge on any atom is -0.00204 e. The van der Waals surface area contributed by atoms with Gasteiger partial charge < -0.3 is 0 Å². The summed E-state index contributed by atoms with van der Waals surface area (Å²) >= 11 is 0. The normalized spacial score (nSPS) is 11.8. The van der Waals surface area contributed by atoms with Crippen LogP contribution in [0.3, 0.4) is 0 Å². The van der Waals surface area contributed by atoms with Crippen LogP contribution in [0.5, 0.6) is 0 Å². The molecule has 0 spiro atoms. The SMILES string of the molecule is CC(C)(C)c1c2ccccc2c(-c2cccc3ccccc23)c2ccc(-c3ccc(-c4cc(-c5ccccc5)cc(-c5ccccc5)c4)c4ccccc34)cc12. The van der Waals surface area contributed by atoms with Gasteiger partial charge in [-0.3, -0.25) is 0 Å². The molecule has 10 aromatic carbocycles. The number of fused-ring (bicyclic) bond motifs is 4. The summed E-state index contributed by atoms with van der Waals surface area (Å²) in [5, 5.41) is 10.3. The summed E-state index contributed by atoms with van der Waals surface area (Å²) < 4.78 is 0. The van der Waals surface area contributed by atoms with Crippen LogP contribution in [0.4, 0.5) is 0 Å². The summed E-state index contributed by atoms with van der Waals surface area (Å²) in [4.78, 5) is 0. The van der Waals surface area contributed by atoms with Crippen LogP contribution in [0.15, 0.2) is 200 Å². The van der Waals surface area contributed by atoms with E-state index < -0.39 is 0 Å². The van der Waals surface area contributed by atoms with Crippen molar-refractivity contribution in [3.8, 4) is 55.6 Å². The lowest BCUT2D eigenvalue weighted by Crippen LogP contribution is -2.13. The smallest absolute Gasteiger partial charge is 0.00204 e. The summed E-state index contributed by atoms with van der Waals surface area (Å²) in [5.41, 5.74) is 13.7. The highest BCUT2D eigenvalue weighted by Crippen LogP contribution is 2.47. The molecule has 10 rings (SSSR count). The third-order valence-electron chi connectivity index (χ3n) is 11.5. The molecule has 266 valence electrons. The summed E-state index contributed by atoms with van der Waals surface area (Å²) in [6.45, 7) is 7.07. The van der Waals surface area contributed by atoms with E-state index in [0.29, 0.717) is 0 Å². The molecule has 0 amide bonds. The second-order valence-electron chi connectivity index (χ2n) is 16.1. The van der Waals surface area contributed by atoms with Crippen molar-refractivity contribution >= 4 is 43.1 Å². The molecule has 0 saturated heterocycles. The van der Waals surface area contributed by atoms with E-state index in [9.17, 15) is 0 Å². The van der Waals surface area contributed by atoms with Crippen LogP contribution in [0, 0.1) is 0 Å². The van der Waals surface area contributed by atoms with Gasteiger partial charge in [-0.1, -0.05) is 197 Å². The van der Waals surface area contributed by atoms with E-state index in [1.165, 1.54) is 104 Å². The number of rotatable bonds is 5. The van der Waals surface area contributed by atoms with Crippen molar-refractivity contribution in [1.82, 2.24) is 0 Å². The van der Waals surface area contributed by atoms with Crippen LogP contribution < -0.4 is 0 Å². The fourth-order valence-corrected chi connectivity index (χ4v) is 9.07. The molecule has 0 heteroatoms. The van der Waals surface area contributed by atoms with Crippen molar-refractivity contribution < 1.29 is 0 Å². The van der Waals surface area contributed by atoms with Crippen molar-refractivity contribution in [2.24, 2.45) is 0 Å². The van der Waals surface area contributed by atoms with Crippen LogP contribution >= 0.6 is 0 Å². The summed E-state index contributed by atoms with van der Waals surface area (Å²) in [6.07, 6.45) is 0. The fourth-order valence-electron chi connectivity index (χ4n) is 9.07. The monoisotopic (exact) mass is 714 g/mol. The van der Waals surface area contributed by atoms with Gasteiger partial charge in [-0.15, -0.1) is 0 Å². The molecule has 0 fully saturated rings. The van der Waals surface area contributed by atoms with Crippen LogP contribution in [-0.4, -0.2) is 0 Å². The minimum Gasteiger partial charge on any atom is -0.0622 e. The molecule has 0 nitrogen and oxygen atoms in total. The van der Waals surface area contributed by atoms with Gasteiger partial charge in [0.2, 0.25) is 0 Å². The lowest BCUT2D eigenvalue weighted by molar-refractivity contribution is 0.601. The van der Waals surface area contributed by atoms with E-state index in [1.807, 2.05) is 0 Å². The molecular formula is C56H42. The molecule has 0 aromatic heterocycles. The Morgan fingerprint density at radius 2 is 0.750 bits per heavy atom. The highest BCUT2D eigenvalue weighted by atomic mass is 14.3. The fraction of sp³-hybridized carbons (Fsp3) is 0.0714. The third-order valence-corrected chi connectivity index (χ3v) is 11.5. The lowest BCUT2D eigenvalue weighted by Gasteiger charge is -2.27. The van der Waals surface area contributed by atoms with Crippen molar-refractivity contribution in [3.05, 3.63) is 206 Å². The van der Waals surface area contributed by atoms with E-state index in [1.54, 1.807) is 0 Å². The maximum atomic E-state index is 2.47. The van der Waals surface area contributed by atoms with Crippen molar-refractivity contribution in [2.45, 2.75) is 26.2 Å². The minimum atomic E-state index is -0.0834. The van der Waals surface area contributed by atoms with Gasteiger partial charge >= 0.3 is 0 Å². The summed E-state index contributed by atoms with van der Waals surface area (Å²) in [6, 6.07) is 73.9. The molecule has 0 saturated carbocycles. The van der Waals surface area contributed by atoms with Crippen LogP contribution in [-0.2, 0) is 5.41 Å². The molecule has 0 bridgehead atoms. The zero-order valence-electron chi connectivity index (χ0n) is 32.1. The van der Waals surface area contributed by atoms with E-state index in [-0.39, 0.29) is 5.41 Å².